The van der Waals surface area contributed by atoms with Crippen LogP contribution in [0.15, 0.2) is 29.2 Å². The van der Waals surface area contributed by atoms with Gasteiger partial charge in [0.1, 0.15) is 0 Å². The highest BCUT2D eigenvalue weighted by molar-refractivity contribution is 7.89. The first kappa shape index (κ1) is 37.9. The van der Waals surface area contributed by atoms with E-state index in [9.17, 15) is 13.5 Å². The molecule has 2 rings (SSSR count). The molecule has 1 fully saturated rings. The van der Waals surface area contributed by atoms with Crippen molar-refractivity contribution < 1.29 is 35.5 Å². The number of aliphatic hydroxyl groups excluding tert-OH is 1. The second-order valence-electron chi connectivity index (χ2n) is 10.5. The molecule has 1 saturated heterocycles. The lowest BCUT2D eigenvalue weighted by atomic mass is 10.1. The molecule has 3 N–H and O–H groups in total. The molecule has 1 aliphatic heterocycles. The Balaban J connectivity index is 0.000000632. The number of piperidine rings is 1. The number of rotatable bonds is 14. The number of benzene rings is 1. The van der Waals surface area contributed by atoms with Crippen molar-refractivity contribution in [3.8, 4) is 0 Å². The molecule has 0 amide bonds. The molecule has 0 bridgehead atoms. The van der Waals surface area contributed by atoms with Gasteiger partial charge in [0.15, 0.2) is 0 Å². The molecule has 1 aliphatic rings. The van der Waals surface area contributed by atoms with Gasteiger partial charge in [-0.1, -0.05) is 71.1 Å². The molecule has 0 aromatic heterocycles. The van der Waals surface area contributed by atoms with Crippen LogP contribution in [0.4, 0.5) is 0 Å². The summed E-state index contributed by atoms with van der Waals surface area (Å²) in [5.41, 5.74) is 1.04. The summed E-state index contributed by atoms with van der Waals surface area (Å²) in [7, 11) is -8.05. The fourth-order valence-corrected chi connectivity index (χ4v) is 6.06. The van der Waals surface area contributed by atoms with Crippen molar-refractivity contribution in [2.75, 3.05) is 39.3 Å². The number of unbranched alkanes of at least 4 members (excludes halogenated alkanes) is 4. The molecule has 1 aromatic carbocycles. The van der Waals surface area contributed by atoms with E-state index in [1.165, 1.54) is 86.3 Å². The van der Waals surface area contributed by atoms with Crippen LogP contribution in [0.3, 0.4) is 0 Å². The maximum absolute atomic E-state index is 12.2. The number of sulfonamides is 1. The maximum atomic E-state index is 12.2. The van der Waals surface area contributed by atoms with Gasteiger partial charge in [0, 0.05) is 13.1 Å². The summed E-state index contributed by atoms with van der Waals surface area (Å²) in [5, 5.41) is 9.38. The molecule has 230 valence electrons. The SMILES string of the molecule is CCCC[N+](CCCC)(CCCC)CCCC.Cc1ccc(S(=O)(=O)N2CCC(O)CC2)cc1.O=S(=O)(O)O. The lowest BCUT2D eigenvalue weighted by Gasteiger charge is -2.39. The van der Waals surface area contributed by atoms with Gasteiger partial charge in [0.2, 0.25) is 10.0 Å². The standard InChI is InChI=1S/C16H36N.C12H17NO3S.H2O4S/c1-5-9-13-17(14-10-6-2,15-11-7-3)16-12-8-4;1-10-2-4-12(5-3-10)17(15,16)13-8-6-11(14)7-9-13;1-5(2,3)4/h5-16H2,1-4H3;2-5,11,14H,6-9H2,1H3;(H2,1,2,3,4)/q+1;;. The molecule has 0 spiro atoms. The Morgan fingerprint density at radius 2 is 1.08 bits per heavy atom. The first-order chi connectivity index (χ1) is 18.2. The van der Waals surface area contributed by atoms with Gasteiger partial charge < -0.3 is 9.59 Å². The Morgan fingerprint density at radius 1 is 0.744 bits per heavy atom. The second-order valence-corrected chi connectivity index (χ2v) is 13.4. The van der Waals surface area contributed by atoms with Gasteiger partial charge in [-0.25, -0.2) is 8.42 Å². The van der Waals surface area contributed by atoms with Crippen molar-refractivity contribution in [1.29, 1.82) is 0 Å². The quantitative estimate of drug-likeness (QED) is 0.191. The van der Waals surface area contributed by atoms with Crippen LogP contribution in [-0.4, -0.2) is 85.2 Å². The van der Waals surface area contributed by atoms with Gasteiger partial charge in [-0.05, 0) is 57.6 Å². The summed E-state index contributed by atoms with van der Waals surface area (Å²) >= 11 is 0. The van der Waals surface area contributed by atoms with E-state index in [1.54, 1.807) is 24.3 Å². The lowest BCUT2D eigenvalue weighted by Crippen LogP contribution is -2.50. The Morgan fingerprint density at radius 3 is 1.38 bits per heavy atom. The Bertz CT molecular complexity index is 915. The number of hydrogen-bond acceptors (Lipinski definition) is 5. The summed E-state index contributed by atoms with van der Waals surface area (Å²) < 4.78 is 59.0. The molecule has 1 heterocycles. The minimum Gasteiger partial charge on any atom is -0.393 e. The molecule has 0 radical (unpaired) electrons. The van der Waals surface area contributed by atoms with Crippen molar-refractivity contribution in [1.82, 2.24) is 4.31 Å². The lowest BCUT2D eigenvalue weighted by molar-refractivity contribution is -0.929. The first-order valence-corrected chi connectivity index (χ1v) is 17.4. The van der Waals surface area contributed by atoms with Crippen LogP contribution in [0.25, 0.3) is 0 Å². The van der Waals surface area contributed by atoms with Crippen molar-refractivity contribution in [3.05, 3.63) is 29.8 Å². The predicted octanol–water partition coefficient (Wildman–Crippen LogP) is 5.49. The van der Waals surface area contributed by atoms with E-state index in [0.717, 1.165) is 5.56 Å². The number of nitrogens with zero attached hydrogens (tertiary/aromatic N) is 2. The van der Waals surface area contributed by atoms with Crippen LogP contribution in [-0.2, 0) is 20.4 Å². The third-order valence-electron chi connectivity index (χ3n) is 7.03. The molecule has 1 aromatic rings. The van der Waals surface area contributed by atoms with Gasteiger partial charge in [-0.15, -0.1) is 0 Å². The largest absolute Gasteiger partial charge is 0.394 e. The van der Waals surface area contributed by atoms with E-state index in [4.69, 9.17) is 17.5 Å². The first-order valence-electron chi connectivity index (χ1n) is 14.5. The molecular formula is C28H55N2O7S2+. The van der Waals surface area contributed by atoms with Crippen molar-refractivity contribution in [3.63, 3.8) is 0 Å². The molecule has 0 aliphatic carbocycles. The third kappa shape index (κ3) is 17.4. The summed E-state index contributed by atoms with van der Waals surface area (Å²) in [5.74, 6) is 0. The highest BCUT2D eigenvalue weighted by Crippen LogP contribution is 2.21. The van der Waals surface area contributed by atoms with E-state index in [2.05, 4.69) is 27.7 Å². The van der Waals surface area contributed by atoms with Gasteiger partial charge in [0.25, 0.3) is 0 Å². The zero-order chi connectivity index (χ0) is 30.0. The third-order valence-corrected chi connectivity index (χ3v) is 8.94. The minimum atomic E-state index is -4.67. The summed E-state index contributed by atoms with van der Waals surface area (Å²) in [6.07, 6.45) is 11.7. The molecule has 0 atom stereocenters. The number of aliphatic hydroxyl groups is 1. The number of aryl methyl sites for hydroxylation is 1. The zero-order valence-electron chi connectivity index (χ0n) is 24.9. The van der Waals surface area contributed by atoms with Crippen LogP contribution >= 0.6 is 0 Å². The fourth-order valence-electron chi connectivity index (χ4n) is 4.59. The van der Waals surface area contributed by atoms with Crippen molar-refractivity contribution >= 4 is 20.4 Å². The van der Waals surface area contributed by atoms with Crippen LogP contribution in [0, 0.1) is 6.92 Å². The number of hydrogen-bond donors (Lipinski definition) is 3. The van der Waals surface area contributed by atoms with Crippen molar-refractivity contribution in [2.24, 2.45) is 0 Å². The Hall–Kier alpha value is -1.08. The Labute approximate surface area is 238 Å². The van der Waals surface area contributed by atoms with Gasteiger partial charge in [0.05, 0.1) is 37.2 Å². The molecule has 39 heavy (non-hydrogen) atoms. The molecule has 11 heteroatoms. The molecular weight excluding hydrogens is 540 g/mol. The average Bonchev–Trinajstić information content (AvgIpc) is 2.88. The highest BCUT2D eigenvalue weighted by atomic mass is 32.3. The van der Waals surface area contributed by atoms with Gasteiger partial charge >= 0.3 is 10.4 Å². The second kappa shape index (κ2) is 19.9. The van der Waals surface area contributed by atoms with Crippen LogP contribution in [0.5, 0.6) is 0 Å². The fraction of sp³-hybridized carbons (Fsp3) is 0.786. The Kier molecular flexibility index (Phi) is 19.4. The van der Waals surface area contributed by atoms with Gasteiger partial charge in [-0.3, -0.25) is 9.11 Å². The van der Waals surface area contributed by atoms with Crippen molar-refractivity contribution in [2.45, 2.75) is 110 Å². The highest BCUT2D eigenvalue weighted by Gasteiger charge is 2.28. The predicted molar refractivity (Wildman–Crippen MR) is 159 cm³/mol. The summed E-state index contributed by atoms with van der Waals surface area (Å²) in [6, 6.07) is 6.86. The van der Waals surface area contributed by atoms with E-state index in [0.29, 0.717) is 30.8 Å². The van der Waals surface area contributed by atoms with Crippen LogP contribution < -0.4 is 0 Å². The maximum Gasteiger partial charge on any atom is 0.394 e. The van der Waals surface area contributed by atoms with E-state index in [1.807, 2.05) is 6.92 Å². The minimum absolute atomic E-state index is 0.333. The topological polar surface area (TPSA) is 132 Å². The van der Waals surface area contributed by atoms with Gasteiger partial charge in [-0.2, -0.15) is 12.7 Å². The normalized spacial score (nSPS) is 15.2. The summed E-state index contributed by atoms with van der Waals surface area (Å²) in [4.78, 5) is 0.333. The zero-order valence-corrected chi connectivity index (χ0v) is 26.5. The molecule has 9 nitrogen and oxygen atoms in total. The van der Waals surface area contributed by atoms with E-state index >= 15 is 0 Å². The monoisotopic (exact) mass is 595 g/mol. The molecule has 0 unspecified atom stereocenters. The average molecular weight is 596 g/mol. The summed E-state index contributed by atoms with van der Waals surface area (Å²) in [6.45, 7) is 17.7. The van der Waals surface area contributed by atoms with E-state index < -0.39 is 20.4 Å². The molecule has 0 saturated carbocycles. The smallest absolute Gasteiger partial charge is 0.393 e. The number of quaternary nitrogens is 1. The van der Waals surface area contributed by atoms with Crippen LogP contribution in [0.1, 0.15) is 97.5 Å². The van der Waals surface area contributed by atoms with E-state index in [-0.39, 0.29) is 6.10 Å². The van der Waals surface area contributed by atoms with Crippen LogP contribution in [0.2, 0.25) is 0 Å².